The van der Waals surface area contributed by atoms with Crippen molar-refractivity contribution < 1.29 is 14.3 Å². The first-order valence-corrected chi connectivity index (χ1v) is 5.91. The maximum atomic E-state index is 13.1. The van der Waals surface area contributed by atoms with Crippen LogP contribution >= 0.6 is 15.9 Å². The van der Waals surface area contributed by atoms with E-state index in [1.54, 1.807) is 18.2 Å². The Morgan fingerprint density at radius 3 is 2.67 bits per heavy atom. The van der Waals surface area contributed by atoms with E-state index in [9.17, 15) is 14.3 Å². The van der Waals surface area contributed by atoms with E-state index in [1.807, 2.05) is 0 Å². The van der Waals surface area contributed by atoms with E-state index in [0.717, 1.165) is 6.07 Å². The number of hydrogen-bond acceptors (Lipinski definition) is 2. The largest absolute Gasteiger partial charge is 0.506 e. The standard InChI is InChI=1S/C13H9BrFNO2/c14-10-6-5-8(15)7-9(10)13(18)16-11-3-1-2-4-12(11)17/h1-7,17H,(H,16,18). The van der Waals surface area contributed by atoms with Crippen molar-refractivity contribution >= 4 is 27.5 Å². The molecule has 0 aromatic heterocycles. The summed E-state index contributed by atoms with van der Waals surface area (Å²) in [6, 6.07) is 10.2. The molecule has 2 aromatic carbocycles. The minimum absolute atomic E-state index is 0.0432. The van der Waals surface area contributed by atoms with Gasteiger partial charge in [0.1, 0.15) is 11.6 Å². The molecule has 5 heteroatoms. The van der Waals surface area contributed by atoms with Gasteiger partial charge in [0.05, 0.1) is 11.3 Å². The minimum atomic E-state index is -0.499. The Labute approximate surface area is 111 Å². The second-order valence-electron chi connectivity index (χ2n) is 3.60. The van der Waals surface area contributed by atoms with Crippen molar-refractivity contribution in [2.45, 2.75) is 0 Å². The van der Waals surface area contributed by atoms with Crippen molar-refractivity contribution in [3.05, 3.63) is 58.3 Å². The van der Waals surface area contributed by atoms with Crippen molar-refractivity contribution in [3.8, 4) is 5.75 Å². The summed E-state index contributed by atoms with van der Waals surface area (Å²) in [6.07, 6.45) is 0. The first kappa shape index (κ1) is 12.6. The molecule has 0 fully saturated rings. The van der Waals surface area contributed by atoms with Crippen molar-refractivity contribution in [1.29, 1.82) is 0 Å². The van der Waals surface area contributed by atoms with Gasteiger partial charge >= 0.3 is 0 Å². The average Bonchev–Trinajstić information content (AvgIpc) is 2.35. The van der Waals surface area contributed by atoms with Gasteiger partial charge in [0.15, 0.2) is 0 Å². The van der Waals surface area contributed by atoms with Crippen LogP contribution in [0.2, 0.25) is 0 Å². The molecule has 92 valence electrons. The van der Waals surface area contributed by atoms with Gasteiger partial charge in [0, 0.05) is 4.47 Å². The Morgan fingerprint density at radius 1 is 1.22 bits per heavy atom. The first-order chi connectivity index (χ1) is 8.58. The van der Waals surface area contributed by atoms with E-state index in [1.165, 1.54) is 18.2 Å². The third kappa shape index (κ3) is 2.68. The van der Waals surface area contributed by atoms with Crippen LogP contribution < -0.4 is 5.32 Å². The summed E-state index contributed by atoms with van der Waals surface area (Å²) in [5.74, 6) is -1.04. The van der Waals surface area contributed by atoms with Gasteiger partial charge in [-0.1, -0.05) is 12.1 Å². The molecule has 0 unspecified atom stereocenters. The van der Waals surface area contributed by atoms with E-state index in [2.05, 4.69) is 21.2 Å². The number of amides is 1. The zero-order chi connectivity index (χ0) is 13.1. The number of benzene rings is 2. The van der Waals surface area contributed by atoms with Gasteiger partial charge in [-0.3, -0.25) is 4.79 Å². The van der Waals surface area contributed by atoms with Crippen LogP contribution in [0.3, 0.4) is 0 Å². The number of halogens is 2. The lowest BCUT2D eigenvalue weighted by Crippen LogP contribution is -2.12. The Hall–Kier alpha value is -1.88. The van der Waals surface area contributed by atoms with Gasteiger partial charge < -0.3 is 10.4 Å². The molecule has 0 aliphatic carbocycles. The Balaban J connectivity index is 2.28. The fourth-order valence-corrected chi connectivity index (χ4v) is 1.87. The van der Waals surface area contributed by atoms with Crippen molar-refractivity contribution in [2.75, 3.05) is 5.32 Å². The summed E-state index contributed by atoms with van der Waals surface area (Å²) in [7, 11) is 0. The summed E-state index contributed by atoms with van der Waals surface area (Å²) in [6.45, 7) is 0. The molecule has 3 nitrogen and oxygen atoms in total. The van der Waals surface area contributed by atoms with Crippen LogP contribution in [-0.4, -0.2) is 11.0 Å². The highest BCUT2D eigenvalue weighted by Gasteiger charge is 2.12. The van der Waals surface area contributed by atoms with E-state index >= 15 is 0 Å². The normalized spacial score (nSPS) is 10.1. The smallest absolute Gasteiger partial charge is 0.257 e. The number of carbonyl (C=O) groups excluding carboxylic acids is 1. The molecule has 0 spiro atoms. The van der Waals surface area contributed by atoms with Crippen LogP contribution in [0.4, 0.5) is 10.1 Å². The highest BCUT2D eigenvalue weighted by molar-refractivity contribution is 9.10. The highest BCUT2D eigenvalue weighted by Crippen LogP contribution is 2.24. The molecular formula is C13H9BrFNO2. The number of anilines is 1. The molecule has 18 heavy (non-hydrogen) atoms. The molecule has 0 aliphatic heterocycles. The van der Waals surface area contributed by atoms with Gasteiger partial charge in [-0.05, 0) is 46.3 Å². The van der Waals surface area contributed by atoms with E-state index in [0.29, 0.717) is 4.47 Å². The SMILES string of the molecule is O=C(Nc1ccccc1O)c1cc(F)ccc1Br. The molecule has 2 aromatic rings. The van der Waals surface area contributed by atoms with E-state index in [4.69, 9.17) is 0 Å². The Bertz CT molecular complexity index is 601. The molecule has 0 aliphatic rings. The van der Waals surface area contributed by atoms with Gasteiger partial charge in [0.25, 0.3) is 5.91 Å². The predicted molar refractivity (Wildman–Crippen MR) is 70.2 cm³/mol. The van der Waals surface area contributed by atoms with Gasteiger partial charge in [0.2, 0.25) is 0 Å². The van der Waals surface area contributed by atoms with Crippen LogP contribution in [0, 0.1) is 5.82 Å². The number of phenols is 1. The number of phenolic OH excluding ortho intramolecular Hbond substituents is 1. The molecule has 0 heterocycles. The average molecular weight is 310 g/mol. The molecule has 0 atom stereocenters. The van der Waals surface area contributed by atoms with Gasteiger partial charge in [-0.25, -0.2) is 4.39 Å². The zero-order valence-electron chi connectivity index (χ0n) is 9.15. The van der Waals surface area contributed by atoms with Crippen LogP contribution in [0.1, 0.15) is 10.4 Å². The highest BCUT2D eigenvalue weighted by atomic mass is 79.9. The summed E-state index contributed by atoms with van der Waals surface area (Å²) in [5, 5.41) is 12.0. The van der Waals surface area contributed by atoms with Gasteiger partial charge in [-0.15, -0.1) is 0 Å². The molecule has 2 rings (SSSR count). The molecule has 0 saturated carbocycles. The summed E-state index contributed by atoms with van der Waals surface area (Å²) in [4.78, 5) is 11.9. The van der Waals surface area contributed by atoms with Crippen LogP contribution in [0.15, 0.2) is 46.9 Å². The minimum Gasteiger partial charge on any atom is -0.506 e. The molecule has 0 bridgehead atoms. The lowest BCUT2D eigenvalue weighted by Gasteiger charge is -2.08. The molecule has 1 amide bonds. The summed E-state index contributed by atoms with van der Waals surface area (Å²) in [5.41, 5.74) is 0.442. The van der Waals surface area contributed by atoms with Crippen LogP contribution in [0.25, 0.3) is 0 Å². The maximum Gasteiger partial charge on any atom is 0.257 e. The number of hydrogen-bond donors (Lipinski definition) is 2. The quantitative estimate of drug-likeness (QED) is 0.834. The lowest BCUT2D eigenvalue weighted by atomic mass is 10.2. The second kappa shape index (κ2) is 5.18. The van der Waals surface area contributed by atoms with Crippen molar-refractivity contribution in [1.82, 2.24) is 0 Å². The van der Waals surface area contributed by atoms with Crippen molar-refractivity contribution in [2.24, 2.45) is 0 Å². The van der Waals surface area contributed by atoms with Crippen LogP contribution in [-0.2, 0) is 0 Å². The zero-order valence-corrected chi connectivity index (χ0v) is 10.7. The third-order valence-corrected chi connectivity index (χ3v) is 3.02. The Morgan fingerprint density at radius 2 is 1.94 bits per heavy atom. The third-order valence-electron chi connectivity index (χ3n) is 2.33. The molecule has 0 saturated heterocycles. The number of para-hydroxylation sites is 2. The number of aromatic hydroxyl groups is 1. The van der Waals surface area contributed by atoms with Gasteiger partial charge in [-0.2, -0.15) is 0 Å². The fraction of sp³-hybridized carbons (Fsp3) is 0. The topological polar surface area (TPSA) is 49.3 Å². The number of rotatable bonds is 2. The van der Waals surface area contributed by atoms with E-state index in [-0.39, 0.29) is 17.0 Å². The molecule has 2 N–H and O–H groups in total. The summed E-state index contributed by atoms with van der Waals surface area (Å²) < 4.78 is 13.6. The van der Waals surface area contributed by atoms with Crippen LogP contribution in [0.5, 0.6) is 5.75 Å². The summed E-state index contributed by atoms with van der Waals surface area (Å²) >= 11 is 3.17. The molecule has 0 radical (unpaired) electrons. The monoisotopic (exact) mass is 309 g/mol. The second-order valence-corrected chi connectivity index (χ2v) is 4.45. The Kier molecular flexibility index (Phi) is 3.62. The first-order valence-electron chi connectivity index (χ1n) is 5.12. The lowest BCUT2D eigenvalue weighted by molar-refractivity contribution is 0.102. The predicted octanol–water partition coefficient (Wildman–Crippen LogP) is 3.55. The van der Waals surface area contributed by atoms with Crippen molar-refractivity contribution in [3.63, 3.8) is 0 Å². The fourth-order valence-electron chi connectivity index (χ4n) is 1.44. The molecular weight excluding hydrogens is 301 g/mol. The number of nitrogens with one attached hydrogen (secondary N) is 1. The maximum absolute atomic E-state index is 13.1. The van der Waals surface area contributed by atoms with E-state index < -0.39 is 11.7 Å². The number of carbonyl (C=O) groups is 1.